The Morgan fingerprint density at radius 1 is 1.42 bits per heavy atom. The van der Waals surface area contributed by atoms with E-state index in [0.29, 0.717) is 13.0 Å². The van der Waals surface area contributed by atoms with Crippen LogP contribution in [0.2, 0.25) is 0 Å². The zero-order valence-electron chi connectivity index (χ0n) is 16.1. The maximum Gasteiger partial charge on any atom is 0.330 e. The molecule has 5 heteroatoms. The molecule has 2 atom stereocenters. The largest absolute Gasteiger partial charge is 0.481 e. The summed E-state index contributed by atoms with van der Waals surface area (Å²) in [6, 6.07) is 1.89. The lowest BCUT2D eigenvalue weighted by Gasteiger charge is -2.18. The smallest absolute Gasteiger partial charge is 0.330 e. The number of rotatable bonds is 6. The molecule has 1 saturated carbocycles. The molecule has 0 aromatic carbocycles. The molecule has 0 unspecified atom stereocenters. The van der Waals surface area contributed by atoms with Crippen LogP contribution in [0.1, 0.15) is 40.2 Å². The summed E-state index contributed by atoms with van der Waals surface area (Å²) < 4.78 is 7.12. The fourth-order valence-electron chi connectivity index (χ4n) is 3.75. The lowest BCUT2D eigenvalue weighted by molar-refractivity contribution is -0.149. The van der Waals surface area contributed by atoms with Crippen LogP contribution in [0.4, 0.5) is 0 Å². The van der Waals surface area contributed by atoms with E-state index in [1.807, 2.05) is 36.9 Å². The van der Waals surface area contributed by atoms with Gasteiger partial charge in [0.15, 0.2) is 0 Å². The predicted octanol–water partition coefficient (Wildman–Crippen LogP) is 3.29. The fourth-order valence-corrected chi connectivity index (χ4v) is 3.75. The molecule has 5 nitrogen and oxygen atoms in total. The van der Waals surface area contributed by atoms with Crippen molar-refractivity contribution in [1.29, 1.82) is 0 Å². The first-order chi connectivity index (χ1) is 11.9. The molecule has 1 aliphatic carbocycles. The molecule has 1 N–H and O–H groups in total. The molecule has 0 radical (unpaired) electrons. The number of carboxylic acid groups (broad SMARTS) is 1. The number of carbonyl (C=O) groups is 2. The highest BCUT2D eigenvalue weighted by Gasteiger charge is 2.74. The van der Waals surface area contributed by atoms with Gasteiger partial charge in [0.05, 0.1) is 12.0 Å². The Morgan fingerprint density at radius 3 is 2.62 bits per heavy atom. The molecule has 1 aliphatic rings. The Morgan fingerprint density at radius 2 is 2.08 bits per heavy atom. The molecule has 1 heterocycles. The monoisotopic (exact) mass is 357 g/mol. The maximum atomic E-state index is 12.1. The van der Waals surface area contributed by atoms with Gasteiger partial charge >= 0.3 is 11.9 Å². The van der Waals surface area contributed by atoms with E-state index in [0.717, 1.165) is 5.56 Å². The summed E-state index contributed by atoms with van der Waals surface area (Å²) in [5.74, 6) is 0.991. The third-order valence-corrected chi connectivity index (χ3v) is 5.16. The molecule has 26 heavy (non-hydrogen) atoms. The molecule has 140 valence electrons. The minimum absolute atomic E-state index is 0.254. The van der Waals surface area contributed by atoms with E-state index in [1.54, 1.807) is 26.8 Å². The van der Waals surface area contributed by atoms with Gasteiger partial charge in [-0.3, -0.25) is 4.79 Å². The Hall–Kier alpha value is -2.48. The third kappa shape index (κ3) is 3.70. The molecule has 1 aromatic rings. The van der Waals surface area contributed by atoms with Crippen molar-refractivity contribution in [3.05, 3.63) is 36.2 Å². The van der Waals surface area contributed by atoms with E-state index in [-0.39, 0.29) is 5.92 Å². The number of carbonyl (C=O) groups excluding carboxylic acids is 1. The highest BCUT2D eigenvalue weighted by molar-refractivity contribution is 5.85. The number of allylic oxidation sites excluding steroid dienone is 1. The minimum Gasteiger partial charge on any atom is -0.481 e. The number of hydrogen-bond acceptors (Lipinski definition) is 3. The second kappa shape index (κ2) is 6.68. The summed E-state index contributed by atoms with van der Waals surface area (Å²) in [6.07, 6.45) is 12.5. The van der Waals surface area contributed by atoms with Crippen LogP contribution in [-0.4, -0.2) is 27.2 Å². The second-order valence-electron chi connectivity index (χ2n) is 8.44. The second-order valence-corrected chi connectivity index (χ2v) is 8.44. The van der Waals surface area contributed by atoms with E-state index >= 15 is 0 Å². The van der Waals surface area contributed by atoms with Gasteiger partial charge in [0, 0.05) is 24.4 Å². The molecule has 0 amide bonds. The minimum atomic E-state index is -0.951. The van der Waals surface area contributed by atoms with Gasteiger partial charge in [0.25, 0.3) is 0 Å². The highest BCUT2D eigenvalue weighted by Crippen LogP contribution is 2.71. The van der Waals surface area contributed by atoms with Crippen LogP contribution in [0.3, 0.4) is 0 Å². The Bertz CT molecular complexity index is 773. The molecule has 0 aliphatic heterocycles. The third-order valence-electron chi connectivity index (χ3n) is 5.16. The number of carboxylic acids is 1. The lowest BCUT2D eigenvalue weighted by atomic mass is 9.89. The van der Waals surface area contributed by atoms with Crippen LogP contribution in [0.5, 0.6) is 0 Å². The number of aliphatic carboxylic acids is 1. The summed E-state index contributed by atoms with van der Waals surface area (Å²) in [6.45, 7) is 9.67. The van der Waals surface area contributed by atoms with Crippen molar-refractivity contribution in [1.82, 2.24) is 4.57 Å². The van der Waals surface area contributed by atoms with E-state index in [4.69, 9.17) is 11.2 Å². The van der Waals surface area contributed by atoms with Crippen LogP contribution >= 0.6 is 0 Å². The van der Waals surface area contributed by atoms with Crippen molar-refractivity contribution in [2.24, 2.45) is 16.7 Å². The van der Waals surface area contributed by atoms with Gasteiger partial charge in [-0.25, -0.2) is 4.79 Å². The zero-order valence-corrected chi connectivity index (χ0v) is 16.1. The number of nitrogens with zero attached hydrogens (tertiary/aromatic N) is 1. The van der Waals surface area contributed by atoms with Gasteiger partial charge in [-0.1, -0.05) is 25.8 Å². The summed E-state index contributed by atoms with van der Waals surface area (Å²) in [5, 5.41) is 9.94. The number of aromatic nitrogens is 1. The molecular formula is C21H27NO4. The zero-order chi connectivity index (χ0) is 19.8. The standard InChI is InChI=1S/C21H27NO4/c1-7-11-22-12-10-15(14-22)13-21(18(24)25)16(20(21,5)6)8-9-17(23)26-19(2,3)4/h1,8-10,12,14,16H,11,13H2,2-6H3,(H,24,25)/t16-,21+/m1/s1. The van der Waals surface area contributed by atoms with Crippen LogP contribution in [0, 0.1) is 29.1 Å². The number of terminal acetylenes is 1. The predicted molar refractivity (Wildman–Crippen MR) is 99.3 cm³/mol. The Balaban J connectivity index is 2.20. The van der Waals surface area contributed by atoms with Crippen molar-refractivity contribution in [3.8, 4) is 12.3 Å². The van der Waals surface area contributed by atoms with Crippen LogP contribution in [0.25, 0.3) is 0 Å². The molecule has 1 aromatic heterocycles. The average molecular weight is 357 g/mol. The van der Waals surface area contributed by atoms with Crippen LogP contribution < -0.4 is 0 Å². The quantitative estimate of drug-likeness (QED) is 0.482. The van der Waals surface area contributed by atoms with E-state index in [9.17, 15) is 14.7 Å². The van der Waals surface area contributed by atoms with Gasteiger partial charge in [-0.2, -0.15) is 0 Å². The topological polar surface area (TPSA) is 68.5 Å². The van der Waals surface area contributed by atoms with E-state index in [2.05, 4.69) is 5.92 Å². The summed E-state index contributed by atoms with van der Waals surface area (Å²) in [7, 11) is 0. The van der Waals surface area contributed by atoms with E-state index < -0.39 is 28.4 Å². The first-order valence-corrected chi connectivity index (χ1v) is 8.67. The number of hydrogen-bond donors (Lipinski definition) is 1. The molecule has 0 saturated heterocycles. The number of ether oxygens (including phenoxy) is 1. The molecule has 0 bridgehead atoms. The van der Waals surface area contributed by atoms with Crippen molar-refractivity contribution in [3.63, 3.8) is 0 Å². The average Bonchev–Trinajstić information content (AvgIpc) is 2.78. The fraction of sp³-hybridized carbons (Fsp3) is 0.524. The van der Waals surface area contributed by atoms with Gasteiger partial charge in [-0.15, -0.1) is 6.42 Å². The molecular weight excluding hydrogens is 330 g/mol. The van der Waals surface area contributed by atoms with Gasteiger partial charge < -0.3 is 14.4 Å². The molecule has 2 rings (SSSR count). The number of esters is 1. The first kappa shape index (κ1) is 19.8. The Labute approximate surface area is 155 Å². The highest BCUT2D eigenvalue weighted by atomic mass is 16.6. The van der Waals surface area contributed by atoms with Gasteiger partial charge in [0.2, 0.25) is 0 Å². The SMILES string of the molecule is C#CCn1ccc(C[C@@]2(C(=O)O)[C@H](C=CC(=O)OC(C)(C)C)C2(C)C)c1. The normalized spacial score (nSPS) is 24.2. The summed E-state index contributed by atoms with van der Waals surface area (Å²) in [5.41, 5.74) is -1.08. The van der Waals surface area contributed by atoms with Crippen LogP contribution in [0.15, 0.2) is 30.6 Å². The van der Waals surface area contributed by atoms with Gasteiger partial charge in [-0.05, 0) is 44.2 Å². The van der Waals surface area contributed by atoms with Gasteiger partial charge in [0.1, 0.15) is 5.60 Å². The van der Waals surface area contributed by atoms with Crippen molar-refractivity contribution < 1.29 is 19.4 Å². The van der Waals surface area contributed by atoms with Crippen molar-refractivity contribution in [2.75, 3.05) is 0 Å². The Kier molecular flexibility index (Phi) is 5.10. The van der Waals surface area contributed by atoms with Crippen LogP contribution in [-0.2, 0) is 27.3 Å². The van der Waals surface area contributed by atoms with Crippen molar-refractivity contribution >= 4 is 11.9 Å². The molecule has 1 fully saturated rings. The lowest BCUT2D eigenvalue weighted by Crippen LogP contribution is -2.24. The maximum absolute atomic E-state index is 12.1. The molecule has 0 spiro atoms. The summed E-state index contributed by atoms with van der Waals surface area (Å²) >= 11 is 0. The van der Waals surface area contributed by atoms with E-state index in [1.165, 1.54) is 6.08 Å². The van der Waals surface area contributed by atoms with Crippen molar-refractivity contribution in [2.45, 2.75) is 53.2 Å². The first-order valence-electron chi connectivity index (χ1n) is 8.67. The summed E-state index contributed by atoms with van der Waals surface area (Å²) in [4.78, 5) is 24.1.